The SMILES string of the molecule is C=C(C)CCSc1nnnn1-c1ccc(O)cc1. The van der Waals surface area contributed by atoms with E-state index in [1.165, 1.54) is 0 Å². The predicted molar refractivity (Wildman–Crippen MR) is 71.0 cm³/mol. The van der Waals surface area contributed by atoms with Gasteiger partial charge in [-0.25, -0.2) is 0 Å². The van der Waals surface area contributed by atoms with E-state index in [0.29, 0.717) is 0 Å². The van der Waals surface area contributed by atoms with Crippen LogP contribution in [-0.4, -0.2) is 31.1 Å². The van der Waals surface area contributed by atoms with Crippen LogP contribution in [0.5, 0.6) is 5.75 Å². The molecule has 0 bridgehead atoms. The van der Waals surface area contributed by atoms with Crippen molar-refractivity contribution in [1.29, 1.82) is 0 Å². The van der Waals surface area contributed by atoms with Gasteiger partial charge in [-0.05, 0) is 48.0 Å². The first-order valence-corrected chi connectivity index (χ1v) is 6.50. The third kappa shape index (κ3) is 3.10. The number of hydrogen-bond acceptors (Lipinski definition) is 5. The lowest BCUT2D eigenvalue weighted by Crippen LogP contribution is -1.99. The van der Waals surface area contributed by atoms with E-state index in [0.717, 1.165) is 28.6 Å². The molecule has 5 nitrogen and oxygen atoms in total. The summed E-state index contributed by atoms with van der Waals surface area (Å²) in [4.78, 5) is 0. The number of phenols is 1. The van der Waals surface area contributed by atoms with Gasteiger partial charge in [0, 0.05) is 5.75 Å². The summed E-state index contributed by atoms with van der Waals surface area (Å²) >= 11 is 1.58. The maximum Gasteiger partial charge on any atom is 0.214 e. The number of aromatic hydroxyl groups is 1. The molecule has 2 aromatic rings. The number of nitrogens with zero attached hydrogens (tertiary/aromatic N) is 4. The fourth-order valence-corrected chi connectivity index (χ4v) is 2.33. The van der Waals surface area contributed by atoms with Gasteiger partial charge >= 0.3 is 0 Å². The van der Waals surface area contributed by atoms with Crippen molar-refractivity contribution in [2.75, 3.05) is 5.75 Å². The lowest BCUT2D eigenvalue weighted by atomic mass is 10.3. The Bertz CT molecular complexity index is 535. The number of allylic oxidation sites excluding steroid dienone is 1. The molecule has 18 heavy (non-hydrogen) atoms. The minimum atomic E-state index is 0.225. The van der Waals surface area contributed by atoms with Gasteiger partial charge in [-0.3, -0.25) is 0 Å². The Morgan fingerprint density at radius 3 is 2.78 bits per heavy atom. The molecule has 0 aliphatic rings. The molecule has 0 aliphatic heterocycles. The van der Waals surface area contributed by atoms with Crippen molar-refractivity contribution in [3.05, 3.63) is 36.4 Å². The van der Waals surface area contributed by atoms with Crippen LogP contribution in [-0.2, 0) is 0 Å². The normalized spacial score (nSPS) is 10.5. The van der Waals surface area contributed by atoms with Crippen LogP contribution in [0, 0.1) is 0 Å². The summed E-state index contributed by atoms with van der Waals surface area (Å²) in [5.41, 5.74) is 1.97. The highest BCUT2D eigenvalue weighted by Gasteiger charge is 2.08. The molecule has 0 amide bonds. The second-order valence-corrected chi connectivity index (χ2v) is 5.01. The zero-order valence-corrected chi connectivity index (χ0v) is 10.9. The van der Waals surface area contributed by atoms with E-state index >= 15 is 0 Å². The molecule has 0 aliphatic carbocycles. The molecule has 94 valence electrons. The first-order chi connectivity index (χ1) is 8.66. The Morgan fingerprint density at radius 1 is 1.39 bits per heavy atom. The summed E-state index contributed by atoms with van der Waals surface area (Å²) in [7, 11) is 0. The Balaban J connectivity index is 2.12. The summed E-state index contributed by atoms with van der Waals surface area (Å²) in [6.45, 7) is 5.87. The second-order valence-electron chi connectivity index (χ2n) is 3.95. The first kappa shape index (κ1) is 12.6. The average Bonchev–Trinajstić information content (AvgIpc) is 2.78. The summed E-state index contributed by atoms with van der Waals surface area (Å²) in [5, 5.41) is 21.6. The van der Waals surface area contributed by atoms with Gasteiger partial charge in [0.05, 0.1) is 5.69 Å². The van der Waals surface area contributed by atoms with Crippen LogP contribution in [0.2, 0.25) is 0 Å². The van der Waals surface area contributed by atoms with Crippen molar-refractivity contribution in [2.24, 2.45) is 0 Å². The van der Waals surface area contributed by atoms with Gasteiger partial charge in [0.15, 0.2) is 0 Å². The highest BCUT2D eigenvalue weighted by atomic mass is 32.2. The second kappa shape index (κ2) is 5.68. The largest absolute Gasteiger partial charge is 0.508 e. The molecule has 0 unspecified atom stereocenters. The molecule has 0 atom stereocenters. The van der Waals surface area contributed by atoms with E-state index in [1.807, 2.05) is 6.92 Å². The van der Waals surface area contributed by atoms with Gasteiger partial charge in [-0.15, -0.1) is 11.7 Å². The van der Waals surface area contributed by atoms with Crippen molar-refractivity contribution in [3.63, 3.8) is 0 Å². The number of aromatic nitrogens is 4. The molecule has 1 heterocycles. The van der Waals surface area contributed by atoms with Gasteiger partial charge in [0.1, 0.15) is 5.75 Å². The van der Waals surface area contributed by atoms with E-state index in [-0.39, 0.29) is 5.75 Å². The molecular formula is C12H14N4OS. The molecule has 0 saturated carbocycles. The Morgan fingerprint density at radius 2 is 2.11 bits per heavy atom. The Labute approximate surface area is 110 Å². The Kier molecular flexibility index (Phi) is 3.99. The molecule has 1 aromatic heterocycles. The summed E-state index contributed by atoms with van der Waals surface area (Å²) in [6.07, 6.45) is 0.938. The van der Waals surface area contributed by atoms with Crippen molar-refractivity contribution < 1.29 is 5.11 Å². The molecule has 2 rings (SSSR count). The molecule has 0 saturated heterocycles. The van der Waals surface area contributed by atoms with Crippen LogP contribution in [0.1, 0.15) is 13.3 Å². The quantitative estimate of drug-likeness (QED) is 0.662. The standard InChI is InChI=1S/C12H14N4OS/c1-9(2)7-8-18-12-13-14-15-16(12)10-3-5-11(17)6-4-10/h3-6,17H,1,7-8H2,2H3. The Hall–Kier alpha value is -1.82. The maximum absolute atomic E-state index is 9.25. The van der Waals surface area contributed by atoms with Crippen LogP contribution in [0.3, 0.4) is 0 Å². The van der Waals surface area contributed by atoms with Gasteiger partial charge < -0.3 is 5.11 Å². The molecule has 1 N–H and O–H groups in total. The molecule has 6 heteroatoms. The van der Waals surface area contributed by atoms with Crippen molar-refractivity contribution in [3.8, 4) is 11.4 Å². The lowest BCUT2D eigenvalue weighted by molar-refractivity contribution is 0.475. The number of tetrazole rings is 1. The summed E-state index contributed by atoms with van der Waals surface area (Å²) in [5.74, 6) is 1.12. The fourth-order valence-electron chi connectivity index (χ4n) is 1.34. The van der Waals surface area contributed by atoms with Gasteiger partial charge in [-0.2, -0.15) is 4.68 Å². The van der Waals surface area contributed by atoms with Gasteiger partial charge in [-0.1, -0.05) is 17.3 Å². The first-order valence-electron chi connectivity index (χ1n) is 5.52. The van der Waals surface area contributed by atoms with E-state index in [1.54, 1.807) is 40.7 Å². The topological polar surface area (TPSA) is 63.8 Å². The minimum absolute atomic E-state index is 0.225. The number of thioether (sulfide) groups is 1. The molecular weight excluding hydrogens is 248 g/mol. The highest BCUT2D eigenvalue weighted by molar-refractivity contribution is 7.99. The third-order valence-electron chi connectivity index (χ3n) is 2.30. The monoisotopic (exact) mass is 262 g/mol. The highest BCUT2D eigenvalue weighted by Crippen LogP contribution is 2.21. The number of phenolic OH excluding ortho intramolecular Hbond substituents is 1. The van der Waals surface area contributed by atoms with Gasteiger partial charge in [0.2, 0.25) is 5.16 Å². The lowest BCUT2D eigenvalue weighted by Gasteiger charge is -2.04. The van der Waals surface area contributed by atoms with E-state index in [9.17, 15) is 5.11 Å². The van der Waals surface area contributed by atoms with Crippen LogP contribution in [0.4, 0.5) is 0 Å². The summed E-state index contributed by atoms with van der Waals surface area (Å²) in [6, 6.07) is 6.77. The zero-order chi connectivity index (χ0) is 13.0. The van der Waals surface area contributed by atoms with Crippen LogP contribution in [0.15, 0.2) is 41.6 Å². The smallest absolute Gasteiger partial charge is 0.214 e. The molecule has 0 radical (unpaired) electrons. The third-order valence-corrected chi connectivity index (χ3v) is 3.22. The van der Waals surface area contributed by atoms with E-state index < -0.39 is 0 Å². The van der Waals surface area contributed by atoms with Crippen molar-refractivity contribution in [1.82, 2.24) is 20.2 Å². The fraction of sp³-hybridized carbons (Fsp3) is 0.250. The molecule has 0 fully saturated rings. The zero-order valence-electron chi connectivity index (χ0n) is 10.1. The molecule has 0 spiro atoms. The average molecular weight is 262 g/mol. The van der Waals surface area contributed by atoms with Crippen LogP contribution >= 0.6 is 11.8 Å². The minimum Gasteiger partial charge on any atom is -0.508 e. The van der Waals surface area contributed by atoms with E-state index in [4.69, 9.17) is 0 Å². The van der Waals surface area contributed by atoms with Gasteiger partial charge in [0.25, 0.3) is 0 Å². The summed E-state index contributed by atoms with van der Waals surface area (Å²) < 4.78 is 1.66. The van der Waals surface area contributed by atoms with E-state index in [2.05, 4.69) is 22.1 Å². The molecule has 1 aromatic carbocycles. The van der Waals surface area contributed by atoms with Crippen molar-refractivity contribution >= 4 is 11.8 Å². The number of benzene rings is 1. The predicted octanol–water partition coefficient (Wildman–Crippen LogP) is 2.43. The van der Waals surface area contributed by atoms with Crippen LogP contribution < -0.4 is 0 Å². The maximum atomic E-state index is 9.25. The van der Waals surface area contributed by atoms with Crippen LogP contribution in [0.25, 0.3) is 5.69 Å². The number of rotatable bonds is 5. The van der Waals surface area contributed by atoms with Crippen molar-refractivity contribution in [2.45, 2.75) is 18.5 Å². The number of hydrogen-bond donors (Lipinski definition) is 1.